The van der Waals surface area contributed by atoms with Crippen LogP contribution >= 0.6 is 17.0 Å². The number of benzene rings is 2. The van der Waals surface area contributed by atoms with Gasteiger partial charge >= 0.3 is 155 Å². The number of halogens is 2. The first-order valence-electron chi connectivity index (χ1n) is 8.18. The number of hydrogen-bond acceptors (Lipinski definition) is 0. The molecule has 0 aliphatic heterocycles. The van der Waals surface area contributed by atoms with Gasteiger partial charge in [0, 0.05) is 0 Å². The van der Waals surface area contributed by atoms with Crippen molar-refractivity contribution >= 4 is 23.1 Å². The van der Waals surface area contributed by atoms with Crippen molar-refractivity contribution in [3.05, 3.63) is 64.2 Å². The minimum atomic E-state index is -2.38. The van der Waals surface area contributed by atoms with E-state index in [9.17, 15) is 0 Å². The number of hydrogen-bond donors (Lipinski definition) is 0. The average Bonchev–Trinajstić information content (AvgIpc) is 2.89. The molecule has 0 fully saturated rings. The van der Waals surface area contributed by atoms with Gasteiger partial charge in [-0.2, -0.15) is 0 Å². The molecule has 0 spiro atoms. The predicted octanol–water partition coefficient (Wildman–Crippen LogP) is 6.86. The van der Waals surface area contributed by atoms with Crippen LogP contribution in [0.4, 0.5) is 0 Å². The summed E-state index contributed by atoms with van der Waals surface area (Å²) in [6.07, 6.45) is 4.40. The van der Waals surface area contributed by atoms with Gasteiger partial charge in [-0.25, -0.2) is 0 Å². The summed E-state index contributed by atoms with van der Waals surface area (Å²) in [6, 6.07) is 13.3. The number of fused-ring (bicyclic) bond motifs is 1. The quantitative estimate of drug-likeness (QED) is 0.504. The number of allylic oxidation sites excluding steroid dienone is 1. The van der Waals surface area contributed by atoms with Gasteiger partial charge < -0.3 is 0 Å². The van der Waals surface area contributed by atoms with Crippen LogP contribution < -0.4 is 0 Å². The standard InChI is InChI=1S/C20H21.2ClH.Zr/c1-4-15-8-6-7-9-18(15)20-16(5-2)10-11-17-12-14(3)13-19(17)20;;;/h6-13H,4-5H2,1-3H3;2*1H;/q;;;+2/p-2. The molecule has 0 N–H and O–H groups in total. The Bertz CT molecular complexity index is 762. The van der Waals surface area contributed by atoms with Crippen LogP contribution in [0.1, 0.15) is 46.7 Å². The van der Waals surface area contributed by atoms with Crippen molar-refractivity contribution in [1.82, 2.24) is 0 Å². The third-order valence-electron chi connectivity index (χ3n) is 4.77. The Hall–Kier alpha value is -0.357. The second-order valence-electron chi connectivity index (χ2n) is 6.08. The molecule has 1 aliphatic carbocycles. The summed E-state index contributed by atoms with van der Waals surface area (Å²) in [5.41, 5.74) is 9.60. The zero-order valence-corrected chi connectivity index (χ0v) is 17.8. The molecule has 0 saturated heterocycles. The summed E-state index contributed by atoms with van der Waals surface area (Å²) in [5, 5.41) is 0. The van der Waals surface area contributed by atoms with Crippen LogP contribution in [0.25, 0.3) is 17.2 Å². The van der Waals surface area contributed by atoms with Gasteiger partial charge in [-0.15, -0.1) is 0 Å². The van der Waals surface area contributed by atoms with E-state index >= 15 is 0 Å². The molecule has 1 unspecified atom stereocenters. The fraction of sp³-hybridized carbons (Fsp3) is 0.300. The summed E-state index contributed by atoms with van der Waals surface area (Å²) in [4.78, 5) is 0. The van der Waals surface area contributed by atoms with E-state index in [1.54, 1.807) is 0 Å². The number of aryl methyl sites for hydroxylation is 2. The molecule has 0 nitrogen and oxygen atoms in total. The maximum absolute atomic E-state index is 6.46. The summed E-state index contributed by atoms with van der Waals surface area (Å²) in [6.45, 7) is 6.63. The van der Waals surface area contributed by atoms with Crippen LogP contribution in [-0.2, 0) is 32.2 Å². The molecule has 0 aromatic heterocycles. The van der Waals surface area contributed by atoms with E-state index in [4.69, 9.17) is 17.0 Å². The third kappa shape index (κ3) is 3.13. The predicted molar refractivity (Wildman–Crippen MR) is 98.7 cm³/mol. The van der Waals surface area contributed by atoms with Crippen molar-refractivity contribution in [3.8, 4) is 11.1 Å². The molecule has 0 amide bonds. The van der Waals surface area contributed by atoms with Crippen LogP contribution in [0.2, 0.25) is 0 Å². The van der Waals surface area contributed by atoms with Crippen molar-refractivity contribution in [2.45, 2.75) is 37.2 Å². The van der Waals surface area contributed by atoms with Gasteiger partial charge in [-0.1, -0.05) is 0 Å². The van der Waals surface area contributed by atoms with Gasteiger partial charge in [0.15, 0.2) is 0 Å². The monoisotopic (exact) mass is 421 g/mol. The molecule has 1 aliphatic rings. The molecule has 23 heavy (non-hydrogen) atoms. The Labute approximate surface area is 154 Å². The van der Waals surface area contributed by atoms with Crippen LogP contribution in [0.3, 0.4) is 0 Å². The Morgan fingerprint density at radius 3 is 2.30 bits per heavy atom. The van der Waals surface area contributed by atoms with E-state index in [-0.39, 0.29) is 0 Å². The Morgan fingerprint density at radius 1 is 0.957 bits per heavy atom. The molecule has 119 valence electrons. The van der Waals surface area contributed by atoms with Crippen LogP contribution in [0.5, 0.6) is 0 Å². The normalized spacial score (nSPS) is 16.2. The maximum atomic E-state index is 6.46. The topological polar surface area (TPSA) is 0 Å². The Kier molecular flexibility index (Phi) is 5.51. The van der Waals surface area contributed by atoms with Gasteiger partial charge in [0.1, 0.15) is 0 Å². The van der Waals surface area contributed by atoms with Crippen molar-refractivity contribution in [3.63, 3.8) is 0 Å². The summed E-state index contributed by atoms with van der Waals surface area (Å²) in [7, 11) is 12.9. The molecule has 0 heterocycles. The third-order valence-corrected chi connectivity index (χ3v) is 10.3. The molecule has 3 rings (SSSR count). The molecular formula is C20H21Cl2Zr. The van der Waals surface area contributed by atoms with E-state index in [0.29, 0.717) is 3.63 Å². The van der Waals surface area contributed by atoms with E-state index in [0.717, 1.165) is 12.8 Å². The van der Waals surface area contributed by atoms with Crippen molar-refractivity contribution < 1.29 is 19.4 Å². The average molecular weight is 424 g/mol. The van der Waals surface area contributed by atoms with E-state index < -0.39 is 19.4 Å². The molecular weight excluding hydrogens is 402 g/mol. The molecule has 2 aromatic carbocycles. The van der Waals surface area contributed by atoms with E-state index in [1.807, 2.05) is 0 Å². The van der Waals surface area contributed by atoms with E-state index in [1.165, 1.54) is 39.0 Å². The zero-order chi connectivity index (χ0) is 16.6. The van der Waals surface area contributed by atoms with Crippen molar-refractivity contribution in [2.24, 2.45) is 0 Å². The van der Waals surface area contributed by atoms with Crippen LogP contribution in [0.15, 0.2) is 42.0 Å². The SMILES string of the molecule is CCc1ccccc1-c1c(CC)ccc2c1C=C(C)[CH]2[Zr]([Cl])[Cl]. The molecule has 0 radical (unpaired) electrons. The molecule has 0 saturated carbocycles. The van der Waals surface area contributed by atoms with Gasteiger partial charge in [-0.05, 0) is 0 Å². The van der Waals surface area contributed by atoms with Crippen LogP contribution in [0, 0.1) is 0 Å². The van der Waals surface area contributed by atoms with Gasteiger partial charge in [-0.3, -0.25) is 0 Å². The summed E-state index contributed by atoms with van der Waals surface area (Å²) in [5.74, 6) is 0. The first kappa shape index (κ1) is 17.5. The Balaban J connectivity index is 2.29. The molecule has 0 bridgehead atoms. The van der Waals surface area contributed by atoms with Crippen molar-refractivity contribution in [2.75, 3.05) is 0 Å². The second-order valence-corrected chi connectivity index (χ2v) is 14.9. The fourth-order valence-corrected chi connectivity index (χ4v) is 9.29. The van der Waals surface area contributed by atoms with Crippen molar-refractivity contribution in [1.29, 1.82) is 0 Å². The molecule has 2 aromatic rings. The summed E-state index contributed by atoms with van der Waals surface area (Å²) < 4.78 is 0.300. The molecule has 3 heteroatoms. The second kappa shape index (κ2) is 7.26. The zero-order valence-electron chi connectivity index (χ0n) is 13.8. The Morgan fingerprint density at radius 2 is 1.65 bits per heavy atom. The van der Waals surface area contributed by atoms with E-state index in [2.05, 4.69) is 63.2 Å². The molecule has 1 atom stereocenters. The first-order valence-corrected chi connectivity index (χ1v) is 15.9. The van der Waals surface area contributed by atoms with Gasteiger partial charge in [0.25, 0.3) is 0 Å². The van der Waals surface area contributed by atoms with Gasteiger partial charge in [0.2, 0.25) is 0 Å². The van der Waals surface area contributed by atoms with Crippen LogP contribution in [-0.4, -0.2) is 0 Å². The minimum absolute atomic E-state index is 0.300. The number of rotatable bonds is 4. The fourth-order valence-electron chi connectivity index (χ4n) is 3.62. The van der Waals surface area contributed by atoms with Gasteiger partial charge in [0.05, 0.1) is 0 Å². The first-order chi connectivity index (χ1) is 11.1. The summed E-state index contributed by atoms with van der Waals surface area (Å²) >= 11 is -2.38.